The molecule has 3 heteroatoms. The summed E-state index contributed by atoms with van der Waals surface area (Å²) in [6.07, 6.45) is 5.92. The second-order valence-corrected chi connectivity index (χ2v) is 5.43. The minimum atomic E-state index is -0.186. The molecule has 3 nitrogen and oxygen atoms in total. The molecule has 0 spiro atoms. The van der Waals surface area contributed by atoms with E-state index in [0.717, 1.165) is 19.3 Å². The third kappa shape index (κ3) is 2.24. The Morgan fingerprint density at radius 2 is 2.06 bits per heavy atom. The topological polar surface area (TPSA) is 43.4 Å². The number of Topliss-reactive ketones (excluding diaryl/α,β-unsaturated/α-hetero) is 1. The lowest BCUT2D eigenvalue weighted by molar-refractivity contribution is -0.156. The van der Waals surface area contributed by atoms with Crippen molar-refractivity contribution in [2.45, 2.75) is 45.4 Å². The fraction of sp³-hybridized carbons (Fsp3) is 0.857. The zero-order valence-corrected chi connectivity index (χ0v) is 10.8. The molecule has 0 aromatic carbocycles. The number of carbonyl (C=O) groups excluding carboxylic acids is 2. The maximum Gasteiger partial charge on any atom is 0.309 e. The molecule has 0 amide bonds. The first-order valence-electron chi connectivity index (χ1n) is 6.79. The number of carbonyl (C=O) groups is 2. The maximum atomic E-state index is 12.1. The van der Waals surface area contributed by atoms with Crippen LogP contribution in [0.3, 0.4) is 0 Å². The normalized spacial score (nSPS) is 37.4. The van der Waals surface area contributed by atoms with Gasteiger partial charge in [-0.25, -0.2) is 0 Å². The summed E-state index contributed by atoms with van der Waals surface area (Å²) in [4.78, 5) is 23.9. The lowest BCUT2D eigenvalue weighted by Gasteiger charge is -2.43. The van der Waals surface area contributed by atoms with Crippen LogP contribution in [-0.2, 0) is 14.3 Å². The second kappa shape index (κ2) is 5.19. The molecule has 0 N–H and O–H groups in total. The van der Waals surface area contributed by atoms with E-state index in [4.69, 9.17) is 4.74 Å². The van der Waals surface area contributed by atoms with Crippen molar-refractivity contribution in [3.63, 3.8) is 0 Å². The van der Waals surface area contributed by atoms with Crippen molar-refractivity contribution in [2.75, 3.05) is 7.11 Å². The van der Waals surface area contributed by atoms with Gasteiger partial charge in [0, 0.05) is 12.3 Å². The van der Waals surface area contributed by atoms with Crippen LogP contribution in [0.5, 0.6) is 0 Å². The van der Waals surface area contributed by atoms with E-state index in [1.54, 1.807) is 0 Å². The van der Waals surface area contributed by atoms with Gasteiger partial charge in [-0.15, -0.1) is 0 Å². The van der Waals surface area contributed by atoms with Crippen LogP contribution in [0.2, 0.25) is 0 Å². The number of fused-ring (bicyclic) bond motifs is 1. The van der Waals surface area contributed by atoms with Gasteiger partial charge in [-0.2, -0.15) is 0 Å². The van der Waals surface area contributed by atoms with Crippen molar-refractivity contribution in [1.29, 1.82) is 0 Å². The van der Waals surface area contributed by atoms with Crippen LogP contribution in [0.4, 0.5) is 0 Å². The Labute approximate surface area is 103 Å². The van der Waals surface area contributed by atoms with Gasteiger partial charge in [0.05, 0.1) is 13.0 Å². The van der Waals surface area contributed by atoms with E-state index >= 15 is 0 Å². The molecule has 0 bridgehead atoms. The summed E-state index contributed by atoms with van der Waals surface area (Å²) in [5.74, 6) is 0.944. The van der Waals surface area contributed by atoms with E-state index in [9.17, 15) is 9.59 Å². The van der Waals surface area contributed by atoms with E-state index in [-0.39, 0.29) is 17.8 Å². The van der Waals surface area contributed by atoms with Crippen molar-refractivity contribution in [3.05, 3.63) is 0 Å². The molecule has 0 aromatic rings. The number of hydrogen-bond donors (Lipinski definition) is 0. The highest BCUT2D eigenvalue weighted by Crippen LogP contribution is 2.46. The quantitative estimate of drug-likeness (QED) is 0.694. The van der Waals surface area contributed by atoms with Crippen LogP contribution in [0.25, 0.3) is 0 Å². The SMILES string of the molecule is CC[C@H]1[C@H]2CCCC[C@@H]2C(=O)C[C@@H]1C(=O)OC. The molecule has 2 aliphatic rings. The van der Waals surface area contributed by atoms with Gasteiger partial charge in [0.15, 0.2) is 0 Å². The second-order valence-electron chi connectivity index (χ2n) is 5.43. The summed E-state index contributed by atoms with van der Waals surface area (Å²) >= 11 is 0. The van der Waals surface area contributed by atoms with Crippen molar-refractivity contribution < 1.29 is 14.3 Å². The lowest BCUT2D eigenvalue weighted by Crippen LogP contribution is -2.45. The largest absolute Gasteiger partial charge is 0.469 e. The Kier molecular flexibility index (Phi) is 3.85. The number of hydrogen-bond acceptors (Lipinski definition) is 3. The number of ketones is 1. The van der Waals surface area contributed by atoms with Crippen molar-refractivity contribution in [2.24, 2.45) is 23.7 Å². The van der Waals surface area contributed by atoms with Crippen molar-refractivity contribution in [3.8, 4) is 0 Å². The van der Waals surface area contributed by atoms with Gasteiger partial charge in [-0.3, -0.25) is 9.59 Å². The summed E-state index contributed by atoms with van der Waals surface area (Å²) in [7, 11) is 1.42. The Balaban J connectivity index is 2.20. The summed E-state index contributed by atoms with van der Waals surface area (Å²) in [6.45, 7) is 2.13. The van der Waals surface area contributed by atoms with Crippen LogP contribution in [0.15, 0.2) is 0 Å². The number of methoxy groups -OCH3 is 1. The van der Waals surface area contributed by atoms with Crippen LogP contribution >= 0.6 is 0 Å². The van der Waals surface area contributed by atoms with Gasteiger partial charge in [0.25, 0.3) is 0 Å². The summed E-state index contributed by atoms with van der Waals surface area (Å²) < 4.78 is 4.86. The highest BCUT2D eigenvalue weighted by molar-refractivity contribution is 5.88. The first-order valence-corrected chi connectivity index (χ1v) is 6.79. The average molecular weight is 238 g/mol. The molecule has 4 atom stereocenters. The predicted molar refractivity (Wildman–Crippen MR) is 64.4 cm³/mol. The van der Waals surface area contributed by atoms with E-state index in [0.29, 0.717) is 24.0 Å². The molecule has 2 saturated carbocycles. The minimum Gasteiger partial charge on any atom is -0.469 e. The minimum absolute atomic E-state index is 0.183. The molecule has 0 unspecified atom stereocenters. The Hall–Kier alpha value is -0.860. The van der Waals surface area contributed by atoms with Gasteiger partial charge in [0.2, 0.25) is 0 Å². The molecular weight excluding hydrogens is 216 g/mol. The molecule has 0 saturated heterocycles. The average Bonchev–Trinajstić information content (AvgIpc) is 2.38. The van der Waals surface area contributed by atoms with Crippen LogP contribution in [-0.4, -0.2) is 18.9 Å². The van der Waals surface area contributed by atoms with Crippen molar-refractivity contribution >= 4 is 11.8 Å². The molecule has 2 aliphatic carbocycles. The lowest BCUT2D eigenvalue weighted by atomic mass is 9.60. The summed E-state index contributed by atoms with van der Waals surface area (Å²) in [5, 5.41) is 0. The van der Waals surface area contributed by atoms with E-state index in [1.165, 1.54) is 20.0 Å². The van der Waals surface area contributed by atoms with Crippen LogP contribution in [0.1, 0.15) is 45.4 Å². The molecule has 2 fully saturated rings. The maximum absolute atomic E-state index is 12.1. The molecular formula is C14H22O3. The number of ether oxygens (including phenoxy) is 1. The Morgan fingerprint density at radius 3 is 2.71 bits per heavy atom. The van der Waals surface area contributed by atoms with E-state index in [1.807, 2.05) is 0 Å². The van der Waals surface area contributed by atoms with Gasteiger partial charge in [0.1, 0.15) is 5.78 Å². The van der Waals surface area contributed by atoms with Gasteiger partial charge in [-0.05, 0) is 24.7 Å². The molecule has 0 aliphatic heterocycles. The van der Waals surface area contributed by atoms with Crippen molar-refractivity contribution in [1.82, 2.24) is 0 Å². The highest BCUT2D eigenvalue weighted by atomic mass is 16.5. The molecule has 17 heavy (non-hydrogen) atoms. The Bertz CT molecular complexity index is 311. The molecule has 96 valence electrons. The first kappa shape index (κ1) is 12.6. The fourth-order valence-electron chi connectivity index (χ4n) is 3.89. The van der Waals surface area contributed by atoms with Crippen LogP contribution in [0, 0.1) is 23.7 Å². The Morgan fingerprint density at radius 1 is 1.35 bits per heavy atom. The van der Waals surface area contributed by atoms with Gasteiger partial charge >= 0.3 is 5.97 Å². The first-order chi connectivity index (χ1) is 8.19. The molecule has 0 aromatic heterocycles. The van der Waals surface area contributed by atoms with Gasteiger partial charge in [-0.1, -0.05) is 26.2 Å². The summed E-state index contributed by atoms with van der Waals surface area (Å²) in [5.41, 5.74) is 0. The fourth-order valence-corrected chi connectivity index (χ4v) is 3.89. The van der Waals surface area contributed by atoms with Gasteiger partial charge < -0.3 is 4.74 Å². The highest BCUT2D eigenvalue weighted by Gasteiger charge is 2.46. The number of esters is 1. The molecule has 0 radical (unpaired) electrons. The third-order valence-corrected chi connectivity index (χ3v) is 4.70. The zero-order valence-electron chi connectivity index (χ0n) is 10.8. The molecule has 2 rings (SSSR count). The smallest absolute Gasteiger partial charge is 0.309 e. The predicted octanol–water partition coefficient (Wildman–Crippen LogP) is 2.58. The monoisotopic (exact) mass is 238 g/mol. The van der Waals surface area contributed by atoms with E-state index in [2.05, 4.69) is 6.92 Å². The van der Waals surface area contributed by atoms with Crippen LogP contribution < -0.4 is 0 Å². The molecule has 0 heterocycles. The zero-order chi connectivity index (χ0) is 12.4. The third-order valence-electron chi connectivity index (χ3n) is 4.70. The standard InChI is InChI=1S/C14H22O3/c1-3-9-10-6-4-5-7-11(10)13(15)8-12(9)14(16)17-2/h9-12H,3-8H2,1-2H3/t9-,10+,11-,12-/m0/s1. The van der Waals surface area contributed by atoms with E-state index < -0.39 is 0 Å². The number of rotatable bonds is 2. The summed E-state index contributed by atoms with van der Waals surface area (Å²) in [6, 6.07) is 0.